The number of carbonyl (C=O) groups is 1. The highest BCUT2D eigenvalue weighted by atomic mass is 32.2. The molecule has 6 N–H and O–H groups in total. The molecule has 188 valence electrons. The molecule has 1 heterocycles. The minimum Gasteiger partial charge on any atom is -0.379 e. The number of carbonyl (C=O) groups excluding carboxylic acids is 1. The molecule has 0 aliphatic carbocycles. The molecule has 1 amide bonds. The maximum Gasteiger partial charge on any atom is 0.286 e. The highest BCUT2D eigenvalue weighted by molar-refractivity contribution is 7.82. The molecule has 0 aliphatic rings. The first kappa shape index (κ1) is 25.7. The van der Waals surface area contributed by atoms with Crippen LogP contribution in [0.15, 0.2) is 112 Å². The van der Waals surface area contributed by atoms with Gasteiger partial charge in [-0.2, -0.15) is 0 Å². The quantitative estimate of drug-likeness (QED) is 0.213. The first-order chi connectivity index (χ1) is 18.0. The Morgan fingerprint density at radius 2 is 1.57 bits per heavy atom. The first-order valence-electron chi connectivity index (χ1n) is 11.7. The molecule has 0 aliphatic heterocycles. The molecule has 0 bridgehead atoms. The third-order valence-electron chi connectivity index (χ3n) is 5.62. The number of rotatable bonds is 8. The van der Waals surface area contributed by atoms with Crippen molar-refractivity contribution in [3.8, 4) is 11.1 Å². The van der Waals surface area contributed by atoms with Gasteiger partial charge in [0.15, 0.2) is 11.7 Å². The third kappa shape index (κ3) is 7.09. The summed E-state index contributed by atoms with van der Waals surface area (Å²) < 4.78 is 11.3. The Morgan fingerprint density at radius 3 is 2.24 bits per heavy atom. The van der Waals surface area contributed by atoms with E-state index >= 15 is 0 Å². The van der Waals surface area contributed by atoms with E-state index in [2.05, 4.69) is 15.3 Å². The maximum atomic E-state index is 12.7. The molecule has 1 aromatic heterocycles. The van der Waals surface area contributed by atoms with Crippen LogP contribution < -0.4 is 16.2 Å². The summed E-state index contributed by atoms with van der Waals surface area (Å²) in [5.74, 6) is -0.333. The lowest BCUT2D eigenvalue weighted by Gasteiger charge is -2.08. The van der Waals surface area contributed by atoms with Gasteiger partial charge in [0.2, 0.25) is 0 Å². The molecular formula is C28H28N6O2S. The molecule has 9 heteroatoms. The number of aromatic amines is 1. The molecular weight excluding hydrogens is 484 g/mol. The van der Waals surface area contributed by atoms with Crippen LogP contribution in [-0.2, 0) is 28.7 Å². The number of nitrogens with zero attached hydrogens (tertiary/aromatic N) is 2. The highest BCUT2D eigenvalue weighted by Gasteiger charge is 2.15. The number of hydrogen-bond donors (Lipinski definition) is 4. The van der Waals surface area contributed by atoms with Crippen LogP contribution in [0.5, 0.6) is 0 Å². The topological polar surface area (TPSA) is 139 Å². The second-order valence-electron chi connectivity index (χ2n) is 8.20. The lowest BCUT2D eigenvalue weighted by Crippen LogP contribution is -2.38. The minimum absolute atomic E-state index is 0.186. The second-order valence-corrected chi connectivity index (χ2v) is 9.27. The number of amides is 1. The van der Waals surface area contributed by atoms with Crippen LogP contribution in [0, 0.1) is 0 Å². The monoisotopic (exact) mass is 512 g/mol. The van der Waals surface area contributed by atoms with Crippen molar-refractivity contribution < 1.29 is 9.00 Å². The van der Waals surface area contributed by atoms with Crippen molar-refractivity contribution in [3.05, 3.63) is 114 Å². The third-order valence-corrected chi connectivity index (χ3v) is 6.36. The Morgan fingerprint density at radius 1 is 0.892 bits per heavy atom. The minimum atomic E-state index is -1.52. The number of aliphatic imine (C=N–C) groups is 2. The molecule has 0 saturated carbocycles. The Bertz CT molecular complexity index is 1410. The van der Waals surface area contributed by atoms with Crippen molar-refractivity contribution in [1.29, 1.82) is 0 Å². The summed E-state index contributed by atoms with van der Waals surface area (Å²) in [6.45, 7) is 0.736. The van der Waals surface area contributed by atoms with E-state index in [1.807, 2.05) is 85.1 Å². The van der Waals surface area contributed by atoms with E-state index in [1.165, 1.54) is 0 Å². The second kappa shape index (κ2) is 12.6. The largest absolute Gasteiger partial charge is 0.379 e. The SMILES string of the molecule is NC(=NC(=NCc1ccccc1)c1[nH]ccc1-c1ccccc1)C(=O)NCCc1ccc(S(N)=O)cc1. The molecule has 0 radical (unpaired) electrons. The van der Waals surface area contributed by atoms with Crippen LogP contribution in [0.1, 0.15) is 16.8 Å². The van der Waals surface area contributed by atoms with Gasteiger partial charge in [0, 0.05) is 18.3 Å². The zero-order valence-corrected chi connectivity index (χ0v) is 20.9. The van der Waals surface area contributed by atoms with Gasteiger partial charge in [-0.3, -0.25) is 9.79 Å². The van der Waals surface area contributed by atoms with Crippen molar-refractivity contribution in [2.75, 3.05) is 6.54 Å². The molecule has 0 fully saturated rings. The van der Waals surface area contributed by atoms with Gasteiger partial charge in [0.05, 0.1) is 17.1 Å². The number of H-pyrrole nitrogens is 1. The number of benzene rings is 3. The van der Waals surface area contributed by atoms with E-state index in [1.54, 1.807) is 12.1 Å². The predicted octanol–water partition coefficient (Wildman–Crippen LogP) is 3.33. The standard InChI is InChI=1S/C28H28N6O2S/c29-26(28(35)32-17-15-20-11-13-23(14-12-20)37(30)36)34-27(33-19-21-7-3-1-4-8-21)25-24(16-18-31-25)22-9-5-2-6-10-22/h1-14,16,18,31H,15,17,19,30H2,(H,32,35)(H2,29,33,34). The zero-order valence-electron chi connectivity index (χ0n) is 20.1. The Labute approximate surface area is 218 Å². The van der Waals surface area contributed by atoms with E-state index in [0.717, 1.165) is 22.3 Å². The van der Waals surface area contributed by atoms with Crippen LogP contribution in [0.4, 0.5) is 0 Å². The molecule has 0 saturated heterocycles. The average Bonchev–Trinajstić information content (AvgIpc) is 3.42. The number of nitrogens with two attached hydrogens (primary N) is 2. The van der Waals surface area contributed by atoms with Gasteiger partial charge < -0.3 is 16.0 Å². The fraction of sp³-hybridized carbons (Fsp3) is 0.107. The van der Waals surface area contributed by atoms with E-state index in [4.69, 9.17) is 15.9 Å². The molecule has 3 aromatic carbocycles. The molecule has 4 aromatic rings. The lowest BCUT2D eigenvalue weighted by atomic mass is 10.1. The van der Waals surface area contributed by atoms with Gasteiger partial charge in [-0.1, -0.05) is 72.8 Å². The van der Waals surface area contributed by atoms with Gasteiger partial charge in [-0.25, -0.2) is 14.3 Å². The van der Waals surface area contributed by atoms with E-state index < -0.39 is 16.9 Å². The molecule has 8 nitrogen and oxygen atoms in total. The summed E-state index contributed by atoms with van der Waals surface area (Å²) >= 11 is 0. The average molecular weight is 513 g/mol. The molecule has 37 heavy (non-hydrogen) atoms. The maximum absolute atomic E-state index is 12.7. The van der Waals surface area contributed by atoms with Gasteiger partial charge >= 0.3 is 0 Å². The van der Waals surface area contributed by atoms with Crippen molar-refractivity contribution in [2.45, 2.75) is 17.9 Å². The summed E-state index contributed by atoms with van der Waals surface area (Å²) in [5.41, 5.74) is 10.7. The van der Waals surface area contributed by atoms with Crippen LogP contribution >= 0.6 is 0 Å². The number of nitrogens with one attached hydrogen (secondary N) is 2. The summed E-state index contributed by atoms with van der Waals surface area (Å²) in [6.07, 6.45) is 2.38. The van der Waals surface area contributed by atoms with Crippen LogP contribution in [0.2, 0.25) is 0 Å². The number of aromatic nitrogens is 1. The Hall–Kier alpha value is -4.34. The van der Waals surface area contributed by atoms with Crippen molar-refractivity contribution in [2.24, 2.45) is 20.9 Å². The van der Waals surface area contributed by atoms with Crippen molar-refractivity contribution >= 4 is 28.6 Å². The zero-order chi connectivity index (χ0) is 26.0. The molecule has 1 unspecified atom stereocenters. The summed E-state index contributed by atoms with van der Waals surface area (Å²) in [7, 11) is -1.52. The Kier molecular flexibility index (Phi) is 8.75. The number of hydrogen-bond acceptors (Lipinski definition) is 3. The van der Waals surface area contributed by atoms with Gasteiger partial charge in [-0.15, -0.1) is 0 Å². The highest BCUT2D eigenvalue weighted by Crippen LogP contribution is 2.24. The number of amidine groups is 2. The normalized spacial score (nSPS) is 12.8. The fourth-order valence-corrected chi connectivity index (χ4v) is 4.10. The molecule has 1 atom stereocenters. The summed E-state index contributed by atoms with van der Waals surface area (Å²) in [6, 6.07) is 28.7. The van der Waals surface area contributed by atoms with Crippen LogP contribution in [0.25, 0.3) is 11.1 Å². The summed E-state index contributed by atoms with van der Waals surface area (Å²) in [5, 5.41) is 8.18. The van der Waals surface area contributed by atoms with Gasteiger partial charge in [0.1, 0.15) is 11.0 Å². The van der Waals surface area contributed by atoms with E-state index in [0.29, 0.717) is 35.9 Å². The molecule has 0 spiro atoms. The van der Waals surface area contributed by atoms with Crippen molar-refractivity contribution in [1.82, 2.24) is 10.3 Å². The van der Waals surface area contributed by atoms with Gasteiger partial charge in [-0.05, 0) is 41.3 Å². The smallest absolute Gasteiger partial charge is 0.286 e. The van der Waals surface area contributed by atoms with Gasteiger partial charge in [0.25, 0.3) is 5.91 Å². The van der Waals surface area contributed by atoms with Crippen LogP contribution in [-0.4, -0.2) is 33.3 Å². The first-order valence-corrected chi connectivity index (χ1v) is 12.9. The fourth-order valence-electron chi connectivity index (χ4n) is 3.70. The van der Waals surface area contributed by atoms with E-state index in [9.17, 15) is 9.00 Å². The Balaban J connectivity index is 1.51. The lowest BCUT2D eigenvalue weighted by molar-refractivity contribution is -0.114. The predicted molar refractivity (Wildman–Crippen MR) is 148 cm³/mol. The molecule has 4 rings (SSSR count). The van der Waals surface area contributed by atoms with E-state index in [-0.39, 0.29) is 5.84 Å². The van der Waals surface area contributed by atoms with Crippen molar-refractivity contribution in [3.63, 3.8) is 0 Å². The van der Waals surface area contributed by atoms with Crippen LogP contribution in [0.3, 0.4) is 0 Å². The summed E-state index contributed by atoms with van der Waals surface area (Å²) in [4.78, 5) is 25.6.